The fourth-order valence-corrected chi connectivity index (χ4v) is 1.22. The van der Waals surface area contributed by atoms with Gasteiger partial charge in [-0.25, -0.2) is 0 Å². The second-order valence-corrected chi connectivity index (χ2v) is 2.80. The SMILES string of the molecule is NC1CC(=O)C=CS1. The van der Waals surface area contributed by atoms with Crippen molar-refractivity contribution < 1.29 is 4.79 Å². The zero-order chi connectivity index (χ0) is 5.98. The molecule has 0 amide bonds. The van der Waals surface area contributed by atoms with Crippen LogP contribution in [0.2, 0.25) is 0 Å². The lowest BCUT2D eigenvalue weighted by Gasteiger charge is -2.08. The number of hydrogen-bond acceptors (Lipinski definition) is 3. The van der Waals surface area contributed by atoms with Gasteiger partial charge in [0.15, 0.2) is 5.78 Å². The van der Waals surface area contributed by atoms with Crippen LogP contribution in [0.25, 0.3) is 0 Å². The summed E-state index contributed by atoms with van der Waals surface area (Å²) >= 11 is 1.50. The molecule has 0 saturated carbocycles. The van der Waals surface area contributed by atoms with E-state index in [1.807, 2.05) is 0 Å². The molecule has 1 unspecified atom stereocenters. The smallest absolute Gasteiger partial charge is 0.158 e. The predicted octanol–water partition coefficient (Wildman–Crippen LogP) is 0.491. The maximum absolute atomic E-state index is 10.5. The Bertz CT molecular complexity index is 132. The molecule has 0 aromatic rings. The van der Waals surface area contributed by atoms with E-state index in [9.17, 15) is 4.79 Å². The van der Waals surface area contributed by atoms with Gasteiger partial charge < -0.3 is 5.73 Å². The minimum atomic E-state index is -0.00694. The number of thioether (sulfide) groups is 1. The predicted molar refractivity (Wildman–Crippen MR) is 34.3 cm³/mol. The van der Waals surface area contributed by atoms with E-state index in [0.29, 0.717) is 6.42 Å². The Labute approximate surface area is 52.1 Å². The zero-order valence-corrected chi connectivity index (χ0v) is 5.15. The topological polar surface area (TPSA) is 43.1 Å². The number of hydrogen-bond donors (Lipinski definition) is 1. The Morgan fingerprint density at radius 2 is 2.62 bits per heavy atom. The van der Waals surface area contributed by atoms with Crippen molar-refractivity contribution in [3.63, 3.8) is 0 Å². The van der Waals surface area contributed by atoms with E-state index in [0.717, 1.165) is 0 Å². The van der Waals surface area contributed by atoms with Crippen LogP contribution < -0.4 is 5.73 Å². The van der Waals surface area contributed by atoms with Gasteiger partial charge >= 0.3 is 0 Å². The van der Waals surface area contributed by atoms with E-state index in [2.05, 4.69) is 0 Å². The average molecular weight is 129 g/mol. The molecule has 1 rings (SSSR count). The number of carbonyl (C=O) groups excluding carboxylic acids is 1. The molecule has 1 aliphatic heterocycles. The van der Waals surface area contributed by atoms with Crippen LogP contribution in [0, 0.1) is 0 Å². The van der Waals surface area contributed by atoms with Crippen LogP contribution in [0.4, 0.5) is 0 Å². The van der Waals surface area contributed by atoms with Gasteiger partial charge in [0.1, 0.15) is 0 Å². The van der Waals surface area contributed by atoms with Crippen molar-refractivity contribution in [3.05, 3.63) is 11.5 Å². The number of ketones is 1. The van der Waals surface area contributed by atoms with Gasteiger partial charge in [-0.1, -0.05) is 0 Å². The first-order valence-electron chi connectivity index (χ1n) is 2.39. The lowest BCUT2D eigenvalue weighted by molar-refractivity contribution is -0.114. The number of rotatable bonds is 0. The molecule has 1 heterocycles. The summed E-state index contributed by atoms with van der Waals surface area (Å²) in [6.07, 6.45) is 2.05. The van der Waals surface area contributed by atoms with E-state index < -0.39 is 0 Å². The summed E-state index contributed by atoms with van der Waals surface area (Å²) in [5.41, 5.74) is 5.42. The third-order valence-corrected chi connectivity index (χ3v) is 1.72. The Balaban J connectivity index is 2.54. The number of nitrogens with two attached hydrogens (primary N) is 1. The first-order chi connectivity index (χ1) is 3.79. The Morgan fingerprint density at radius 1 is 1.88 bits per heavy atom. The number of allylic oxidation sites excluding steroid dienone is 1. The molecule has 2 nitrogen and oxygen atoms in total. The van der Waals surface area contributed by atoms with Crippen LogP contribution in [0.1, 0.15) is 6.42 Å². The first-order valence-corrected chi connectivity index (χ1v) is 3.34. The highest BCUT2D eigenvalue weighted by atomic mass is 32.2. The van der Waals surface area contributed by atoms with Crippen molar-refractivity contribution in [2.24, 2.45) is 5.73 Å². The van der Waals surface area contributed by atoms with Crippen LogP contribution in [0.3, 0.4) is 0 Å². The van der Waals surface area contributed by atoms with E-state index in [1.54, 1.807) is 11.5 Å². The minimum Gasteiger partial charge on any atom is -0.319 e. The highest BCUT2D eigenvalue weighted by Crippen LogP contribution is 2.15. The maximum atomic E-state index is 10.5. The van der Waals surface area contributed by atoms with E-state index in [1.165, 1.54) is 11.8 Å². The first kappa shape index (κ1) is 5.85. The second-order valence-electron chi connectivity index (χ2n) is 1.65. The van der Waals surface area contributed by atoms with Crippen LogP contribution in [0.5, 0.6) is 0 Å². The molecule has 8 heavy (non-hydrogen) atoms. The molecule has 0 fully saturated rings. The molecule has 44 valence electrons. The quantitative estimate of drug-likeness (QED) is 0.517. The molecular weight excluding hydrogens is 122 g/mol. The summed E-state index contributed by atoms with van der Waals surface area (Å²) in [6, 6.07) is 0. The van der Waals surface area contributed by atoms with E-state index in [4.69, 9.17) is 5.73 Å². The average Bonchev–Trinajstić information content (AvgIpc) is 1.64. The van der Waals surface area contributed by atoms with E-state index in [-0.39, 0.29) is 11.2 Å². The van der Waals surface area contributed by atoms with Gasteiger partial charge in [-0.05, 0) is 11.5 Å². The third-order valence-electron chi connectivity index (χ3n) is 0.910. The summed E-state index contributed by atoms with van der Waals surface area (Å²) in [5.74, 6) is 0.135. The van der Waals surface area contributed by atoms with Crippen molar-refractivity contribution >= 4 is 17.5 Å². The van der Waals surface area contributed by atoms with Crippen LogP contribution in [0.15, 0.2) is 11.5 Å². The monoisotopic (exact) mass is 129 g/mol. The standard InChI is InChI=1S/C5H7NOS/c6-5-3-4(7)1-2-8-5/h1-2,5H,3,6H2. The van der Waals surface area contributed by atoms with Crippen LogP contribution in [-0.4, -0.2) is 11.2 Å². The second kappa shape index (κ2) is 2.33. The molecule has 0 aliphatic carbocycles. The molecule has 0 aromatic carbocycles. The molecule has 0 spiro atoms. The van der Waals surface area contributed by atoms with Crippen molar-refractivity contribution in [2.45, 2.75) is 11.8 Å². The van der Waals surface area contributed by atoms with Crippen LogP contribution in [-0.2, 0) is 4.79 Å². The van der Waals surface area contributed by atoms with Crippen molar-refractivity contribution in [3.8, 4) is 0 Å². The molecule has 3 heteroatoms. The Kier molecular flexibility index (Phi) is 1.70. The van der Waals surface area contributed by atoms with Gasteiger partial charge in [-0.3, -0.25) is 4.79 Å². The summed E-state index contributed by atoms with van der Waals surface area (Å²) in [5, 5.41) is 1.74. The summed E-state index contributed by atoms with van der Waals surface area (Å²) in [6.45, 7) is 0. The molecular formula is C5H7NOS. The maximum Gasteiger partial charge on any atom is 0.158 e. The fourth-order valence-electron chi connectivity index (χ4n) is 0.531. The van der Waals surface area contributed by atoms with Gasteiger partial charge in [0, 0.05) is 6.42 Å². The Hall–Kier alpha value is -0.280. The lowest BCUT2D eigenvalue weighted by Crippen LogP contribution is -2.20. The van der Waals surface area contributed by atoms with E-state index >= 15 is 0 Å². The van der Waals surface area contributed by atoms with Gasteiger partial charge in [0.05, 0.1) is 5.37 Å². The fraction of sp³-hybridized carbons (Fsp3) is 0.400. The van der Waals surface area contributed by atoms with Crippen molar-refractivity contribution in [1.29, 1.82) is 0 Å². The largest absolute Gasteiger partial charge is 0.319 e. The van der Waals surface area contributed by atoms with Crippen molar-refractivity contribution in [1.82, 2.24) is 0 Å². The molecule has 0 aromatic heterocycles. The molecule has 1 atom stereocenters. The molecule has 0 bridgehead atoms. The van der Waals surface area contributed by atoms with Crippen molar-refractivity contribution in [2.75, 3.05) is 0 Å². The molecule has 0 radical (unpaired) electrons. The van der Waals surface area contributed by atoms with Gasteiger partial charge in [0.25, 0.3) is 0 Å². The third kappa shape index (κ3) is 1.35. The van der Waals surface area contributed by atoms with Gasteiger partial charge in [-0.2, -0.15) is 0 Å². The summed E-state index contributed by atoms with van der Waals surface area (Å²) in [7, 11) is 0. The van der Waals surface area contributed by atoms with Gasteiger partial charge in [0.2, 0.25) is 0 Å². The van der Waals surface area contributed by atoms with Gasteiger partial charge in [-0.15, -0.1) is 11.8 Å². The lowest BCUT2D eigenvalue weighted by atomic mass is 10.3. The highest BCUT2D eigenvalue weighted by Gasteiger charge is 2.09. The highest BCUT2D eigenvalue weighted by molar-refractivity contribution is 8.02. The molecule has 2 N–H and O–H groups in total. The summed E-state index contributed by atoms with van der Waals surface area (Å²) < 4.78 is 0. The Morgan fingerprint density at radius 3 is 3.00 bits per heavy atom. The molecule has 0 saturated heterocycles. The number of carbonyl (C=O) groups is 1. The van der Waals surface area contributed by atoms with Crippen LogP contribution >= 0.6 is 11.8 Å². The zero-order valence-electron chi connectivity index (χ0n) is 4.33. The minimum absolute atomic E-state index is 0.00694. The summed E-state index contributed by atoms with van der Waals surface area (Å²) in [4.78, 5) is 10.5. The molecule has 1 aliphatic rings. The normalized spacial score (nSPS) is 28.6.